The Bertz CT molecular complexity index is 481. The molecule has 1 aromatic heterocycles. The van der Waals surface area contributed by atoms with Crippen LogP contribution in [0.2, 0.25) is 0 Å². The molecule has 0 saturated carbocycles. The van der Waals surface area contributed by atoms with Crippen molar-refractivity contribution in [1.29, 1.82) is 0 Å². The highest BCUT2D eigenvalue weighted by Crippen LogP contribution is 2.33. The second-order valence-corrected chi connectivity index (χ2v) is 3.98. The number of carbonyl (C=O) groups is 1. The van der Waals surface area contributed by atoms with E-state index in [1.165, 1.54) is 0 Å². The average Bonchev–Trinajstić information content (AvgIpc) is 2.19. The number of nitro groups is 1. The number of nitrogens with zero attached hydrogens (tertiary/aromatic N) is 2. The molecule has 0 aliphatic heterocycles. The maximum atomic E-state index is 12.5. The predicted molar refractivity (Wildman–Crippen MR) is 59.9 cm³/mol. The van der Waals surface area contributed by atoms with E-state index in [4.69, 9.17) is 5.11 Å². The lowest BCUT2D eigenvalue weighted by Crippen LogP contribution is -2.10. The molecule has 1 heterocycles. The first-order valence-corrected chi connectivity index (χ1v) is 5.24. The first-order valence-electron chi connectivity index (χ1n) is 4.16. The molecule has 0 aromatic carbocycles. The smallest absolute Gasteiger partial charge is 0.308 e. The molecule has 1 aromatic rings. The molecular formula is C8H5F2IN2O4. The lowest BCUT2D eigenvalue weighted by atomic mass is 10.1. The molecule has 0 aliphatic rings. The third-order valence-corrected chi connectivity index (χ3v) is 2.80. The minimum atomic E-state index is -3.08. The number of rotatable bonds is 4. The summed E-state index contributed by atoms with van der Waals surface area (Å²) < 4.78 is 25.1. The van der Waals surface area contributed by atoms with Crippen LogP contribution in [-0.2, 0) is 11.2 Å². The summed E-state index contributed by atoms with van der Waals surface area (Å²) >= 11 is 1.57. The summed E-state index contributed by atoms with van der Waals surface area (Å²) in [6.45, 7) is 0. The summed E-state index contributed by atoms with van der Waals surface area (Å²) in [7, 11) is 0. The Morgan fingerprint density at radius 1 is 1.65 bits per heavy atom. The van der Waals surface area contributed by atoms with Crippen molar-refractivity contribution in [1.82, 2.24) is 4.98 Å². The van der Waals surface area contributed by atoms with Gasteiger partial charge in [-0.25, -0.2) is 13.8 Å². The van der Waals surface area contributed by atoms with Gasteiger partial charge in [0, 0.05) is 6.20 Å². The van der Waals surface area contributed by atoms with E-state index >= 15 is 0 Å². The van der Waals surface area contributed by atoms with Crippen LogP contribution < -0.4 is 0 Å². The lowest BCUT2D eigenvalue weighted by molar-refractivity contribution is -0.387. The number of pyridine rings is 1. The maximum Gasteiger partial charge on any atom is 0.308 e. The van der Waals surface area contributed by atoms with Crippen LogP contribution >= 0.6 is 22.6 Å². The maximum absolute atomic E-state index is 12.5. The fourth-order valence-electron chi connectivity index (χ4n) is 1.22. The van der Waals surface area contributed by atoms with Crippen LogP contribution in [0.4, 0.5) is 14.5 Å². The van der Waals surface area contributed by atoms with Crippen molar-refractivity contribution in [3.05, 3.63) is 31.1 Å². The third-order valence-electron chi connectivity index (χ3n) is 1.87. The zero-order valence-corrected chi connectivity index (χ0v) is 10.2. The molecule has 0 radical (unpaired) electrons. The minimum absolute atomic E-state index is 0.0288. The fraction of sp³-hybridized carbons (Fsp3) is 0.250. The number of aromatic nitrogens is 1. The molecule has 0 atom stereocenters. The molecule has 0 bridgehead atoms. The van der Waals surface area contributed by atoms with E-state index in [1.54, 1.807) is 22.6 Å². The van der Waals surface area contributed by atoms with E-state index < -0.39 is 35.0 Å². The van der Waals surface area contributed by atoms with Crippen LogP contribution in [-0.4, -0.2) is 21.0 Å². The van der Waals surface area contributed by atoms with Gasteiger partial charge in [-0.2, -0.15) is 0 Å². The van der Waals surface area contributed by atoms with Gasteiger partial charge in [0.1, 0.15) is 9.26 Å². The Morgan fingerprint density at radius 2 is 2.24 bits per heavy atom. The molecule has 0 amide bonds. The molecule has 0 unspecified atom stereocenters. The van der Waals surface area contributed by atoms with Gasteiger partial charge in [0.2, 0.25) is 0 Å². The minimum Gasteiger partial charge on any atom is -0.481 e. The van der Waals surface area contributed by atoms with Crippen LogP contribution in [0.1, 0.15) is 17.6 Å². The summed E-state index contributed by atoms with van der Waals surface area (Å²) in [5, 5.41) is 19.3. The largest absolute Gasteiger partial charge is 0.481 e. The SMILES string of the molecule is O=C(O)Cc1c(I)ncc(C(F)F)c1[N+](=O)[O-]. The number of carboxylic acids is 1. The molecule has 6 nitrogen and oxygen atoms in total. The van der Waals surface area contributed by atoms with Crippen LogP contribution in [0.5, 0.6) is 0 Å². The van der Waals surface area contributed by atoms with Gasteiger partial charge >= 0.3 is 5.97 Å². The number of hydrogen-bond acceptors (Lipinski definition) is 4. The van der Waals surface area contributed by atoms with E-state index in [-0.39, 0.29) is 9.26 Å². The van der Waals surface area contributed by atoms with Crippen LogP contribution in [0.25, 0.3) is 0 Å². The van der Waals surface area contributed by atoms with Crippen molar-refractivity contribution in [2.75, 3.05) is 0 Å². The number of hydrogen-bond donors (Lipinski definition) is 1. The van der Waals surface area contributed by atoms with Crippen molar-refractivity contribution in [2.24, 2.45) is 0 Å². The number of carboxylic acid groups (broad SMARTS) is 1. The molecule has 0 spiro atoms. The first-order chi connectivity index (χ1) is 7.84. The van der Waals surface area contributed by atoms with E-state index in [1.807, 2.05) is 0 Å². The molecule has 0 aliphatic carbocycles. The highest BCUT2D eigenvalue weighted by molar-refractivity contribution is 14.1. The topological polar surface area (TPSA) is 93.3 Å². The molecular weight excluding hydrogens is 353 g/mol. The summed E-state index contributed by atoms with van der Waals surface area (Å²) in [5.74, 6) is -1.35. The van der Waals surface area contributed by atoms with Gasteiger partial charge in [0.05, 0.1) is 16.9 Å². The van der Waals surface area contributed by atoms with Crippen molar-refractivity contribution < 1.29 is 23.6 Å². The van der Waals surface area contributed by atoms with E-state index in [2.05, 4.69) is 4.98 Å². The van der Waals surface area contributed by atoms with E-state index in [0.29, 0.717) is 6.20 Å². The zero-order chi connectivity index (χ0) is 13.2. The first kappa shape index (κ1) is 13.7. The van der Waals surface area contributed by atoms with Gasteiger partial charge in [-0.3, -0.25) is 14.9 Å². The van der Waals surface area contributed by atoms with E-state index in [0.717, 1.165) is 0 Å². The molecule has 9 heteroatoms. The highest BCUT2D eigenvalue weighted by atomic mass is 127. The van der Waals surface area contributed by atoms with Gasteiger partial charge in [0.25, 0.3) is 12.1 Å². The normalized spacial score (nSPS) is 10.6. The van der Waals surface area contributed by atoms with Gasteiger partial charge in [0.15, 0.2) is 0 Å². The second kappa shape index (κ2) is 5.29. The average molecular weight is 358 g/mol. The van der Waals surface area contributed by atoms with Crippen molar-refractivity contribution in [2.45, 2.75) is 12.8 Å². The fourth-order valence-corrected chi connectivity index (χ4v) is 1.81. The molecule has 1 N–H and O–H groups in total. The van der Waals surface area contributed by atoms with Gasteiger partial charge in [-0.1, -0.05) is 0 Å². The Hall–Kier alpha value is -1.39. The standard InChI is InChI=1S/C8H5F2IN2O4/c9-7(10)4-2-12-8(11)3(1-5(14)15)6(4)13(16)17/h2,7H,1H2,(H,14,15). The second-order valence-electron chi connectivity index (χ2n) is 2.96. The molecule has 1 rings (SSSR count). The summed E-state index contributed by atoms with van der Waals surface area (Å²) in [6, 6.07) is 0. The van der Waals surface area contributed by atoms with Crippen LogP contribution in [0.3, 0.4) is 0 Å². The number of halogens is 3. The molecule has 17 heavy (non-hydrogen) atoms. The quantitative estimate of drug-likeness (QED) is 0.385. The van der Waals surface area contributed by atoms with Crippen molar-refractivity contribution in [3.63, 3.8) is 0 Å². The number of alkyl halides is 2. The van der Waals surface area contributed by atoms with Gasteiger partial charge in [-0.05, 0) is 22.6 Å². The van der Waals surface area contributed by atoms with E-state index in [9.17, 15) is 23.7 Å². The third kappa shape index (κ3) is 3.05. The van der Waals surface area contributed by atoms with Crippen molar-refractivity contribution >= 4 is 34.2 Å². The Balaban J connectivity index is 3.48. The number of aliphatic carboxylic acids is 1. The summed E-state index contributed by atoms with van der Waals surface area (Å²) in [5.41, 5.74) is -2.05. The molecule has 0 fully saturated rings. The van der Waals surface area contributed by atoms with Gasteiger partial charge in [-0.15, -0.1) is 0 Å². The molecule has 92 valence electrons. The summed E-state index contributed by atoms with van der Waals surface area (Å²) in [4.78, 5) is 23.8. The Morgan fingerprint density at radius 3 is 2.65 bits per heavy atom. The highest BCUT2D eigenvalue weighted by Gasteiger charge is 2.29. The molecule has 0 saturated heterocycles. The zero-order valence-electron chi connectivity index (χ0n) is 8.06. The van der Waals surface area contributed by atoms with Crippen LogP contribution in [0.15, 0.2) is 6.20 Å². The van der Waals surface area contributed by atoms with Gasteiger partial charge < -0.3 is 5.11 Å². The Kier molecular flexibility index (Phi) is 4.26. The Labute approximate surface area is 107 Å². The monoisotopic (exact) mass is 358 g/mol. The van der Waals surface area contributed by atoms with Crippen molar-refractivity contribution in [3.8, 4) is 0 Å². The predicted octanol–water partition coefficient (Wildman–Crippen LogP) is 2.16. The van der Waals surface area contributed by atoms with Crippen LogP contribution in [0, 0.1) is 13.8 Å². The lowest BCUT2D eigenvalue weighted by Gasteiger charge is -2.07. The summed E-state index contributed by atoms with van der Waals surface area (Å²) in [6.07, 6.45) is -3.11.